The molecule has 0 aliphatic carbocycles. The van der Waals surface area contributed by atoms with E-state index < -0.39 is 6.17 Å². The summed E-state index contributed by atoms with van der Waals surface area (Å²) in [5.41, 5.74) is 0.887. The summed E-state index contributed by atoms with van der Waals surface area (Å²) >= 11 is 0. The summed E-state index contributed by atoms with van der Waals surface area (Å²) in [5, 5.41) is 1.07. The first-order chi connectivity index (χ1) is 9.65. The Kier molecular flexibility index (Phi) is 3.42. The average molecular weight is 275 g/mol. The van der Waals surface area contributed by atoms with Crippen molar-refractivity contribution in [1.82, 2.24) is 14.5 Å². The number of likely N-dealkylation sites (tertiary alicyclic amines) is 1. The summed E-state index contributed by atoms with van der Waals surface area (Å²) in [7, 11) is 0. The van der Waals surface area contributed by atoms with E-state index in [2.05, 4.69) is 4.98 Å². The molecule has 1 saturated heterocycles. The van der Waals surface area contributed by atoms with Crippen molar-refractivity contribution in [3.8, 4) is 0 Å². The minimum atomic E-state index is -0.881. The van der Waals surface area contributed by atoms with Crippen molar-refractivity contribution in [2.45, 2.75) is 26.1 Å². The molecule has 1 amide bonds. The molecule has 5 heteroatoms. The predicted octanol–water partition coefficient (Wildman–Crippen LogP) is 2.24. The van der Waals surface area contributed by atoms with Crippen LogP contribution in [0.4, 0.5) is 4.39 Å². The first-order valence-electron chi connectivity index (χ1n) is 6.97. The fourth-order valence-corrected chi connectivity index (χ4v) is 2.71. The number of aromatic nitrogens is 2. The second-order valence-electron chi connectivity index (χ2n) is 5.47. The number of amides is 1. The Labute approximate surface area is 117 Å². The highest BCUT2D eigenvalue weighted by atomic mass is 19.1. The highest BCUT2D eigenvalue weighted by Crippen LogP contribution is 2.20. The van der Waals surface area contributed by atoms with Crippen LogP contribution >= 0.6 is 0 Å². The highest BCUT2D eigenvalue weighted by Gasteiger charge is 2.31. The van der Waals surface area contributed by atoms with Crippen LogP contribution in [0.25, 0.3) is 11.0 Å². The Hall–Kier alpha value is -1.91. The summed E-state index contributed by atoms with van der Waals surface area (Å²) in [5.74, 6) is -0.0252. The van der Waals surface area contributed by atoms with Gasteiger partial charge in [-0.3, -0.25) is 4.79 Å². The third-order valence-electron chi connectivity index (χ3n) is 3.96. The van der Waals surface area contributed by atoms with Crippen LogP contribution in [-0.2, 0) is 11.3 Å². The first kappa shape index (κ1) is 13.1. The Balaban J connectivity index is 1.63. The number of nitrogens with zero attached hydrogens (tertiary/aromatic N) is 3. The Morgan fingerprint density at radius 2 is 2.30 bits per heavy atom. The minimum Gasteiger partial charge on any atom is -0.339 e. The van der Waals surface area contributed by atoms with Gasteiger partial charge in [-0.05, 0) is 18.2 Å². The number of halogens is 1. The van der Waals surface area contributed by atoms with Crippen LogP contribution in [-0.4, -0.2) is 39.6 Å². The first-order valence-corrected chi connectivity index (χ1v) is 6.97. The normalized spacial score (nSPS) is 22.6. The van der Waals surface area contributed by atoms with Crippen LogP contribution in [0, 0.1) is 5.92 Å². The van der Waals surface area contributed by atoms with Crippen LogP contribution in [0.15, 0.2) is 30.6 Å². The van der Waals surface area contributed by atoms with Gasteiger partial charge in [0.05, 0.1) is 6.54 Å². The molecule has 2 atom stereocenters. The molecule has 2 aromatic rings. The molecule has 0 bridgehead atoms. The van der Waals surface area contributed by atoms with E-state index in [4.69, 9.17) is 0 Å². The van der Waals surface area contributed by atoms with E-state index in [1.807, 2.05) is 35.9 Å². The van der Waals surface area contributed by atoms with E-state index in [1.54, 1.807) is 11.1 Å². The Bertz CT molecular complexity index is 614. The molecule has 3 heterocycles. The molecule has 3 rings (SSSR count). The summed E-state index contributed by atoms with van der Waals surface area (Å²) in [6, 6.07) is 5.88. The highest BCUT2D eigenvalue weighted by molar-refractivity contribution is 5.78. The van der Waals surface area contributed by atoms with E-state index >= 15 is 0 Å². The number of fused-ring (bicyclic) bond motifs is 1. The third-order valence-corrected chi connectivity index (χ3v) is 3.96. The van der Waals surface area contributed by atoms with Gasteiger partial charge >= 0.3 is 0 Å². The van der Waals surface area contributed by atoms with Gasteiger partial charge in [0.25, 0.3) is 0 Å². The van der Waals surface area contributed by atoms with Crippen molar-refractivity contribution in [2.24, 2.45) is 5.92 Å². The van der Waals surface area contributed by atoms with Gasteiger partial charge < -0.3 is 9.47 Å². The van der Waals surface area contributed by atoms with Gasteiger partial charge in [0, 0.05) is 43.2 Å². The molecule has 1 aliphatic heterocycles. The van der Waals surface area contributed by atoms with E-state index in [0.717, 1.165) is 11.0 Å². The van der Waals surface area contributed by atoms with Crippen molar-refractivity contribution in [1.29, 1.82) is 0 Å². The number of hydrogen-bond donors (Lipinski definition) is 0. The Morgan fingerprint density at radius 1 is 1.45 bits per heavy atom. The number of alkyl halides is 1. The zero-order chi connectivity index (χ0) is 14.1. The van der Waals surface area contributed by atoms with Crippen LogP contribution in [0.5, 0.6) is 0 Å². The van der Waals surface area contributed by atoms with Gasteiger partial charge in [-0.15, -0.1) is 0 Å². The van der Waals surface area contributed by atoms with Gasteiger partial charge in [0.2, 0.25) is 5.91 Å². The van der Waals surface area contributed by atoms with Crippen molar-refractivity contribution in [3.63, 3.8) is 0 Å². The molecule has 0 saturated carbocycles. The van der Waals surface area contributed by atoms with E-state index in [-0.39, 0.29) is 18.4 Å². The molecule has 1 aliphatic rings. The minimum absolute atomic E-state index is 0.0229. The van der Waals surface area contributed by atoms with Gasteiger partial charge in [-0.25, -0.2) is 9.37 Å². The number of aryl methyl sites for hydroxylation is 1. The monoisotopic (exact) mass is 275 g/mol. The Morgan fingerprint density at radius 3 is 3.05 bits per heavy atom. The van der Waals surface area contributed by atoms with Crippen molar-refractivity contribution < 1.29 is 9.18 Å². The molecule has 20 heavy (non-hydrogen) atoms. The van der Waals surface area contributed by atoms with E-state index in [1.165, 1.54) is 0 Å². The molecule has 4 nitrogen and oxygen atoms in total. The van der Waals surface area contributed by atoms with Gasteiger partial charge in [-0.1, -0.05) is 6.92 Å². The van der Waals surface area contributed by atoms with Gasteiger partial charge in [0.1, 0.15) is 11.8 Å². The lowest BCUT2D eigenvalue weighted by Gasteiger charge is -2.15. The molecule has 0 aromatic carbocycles. The fourth-order valence-electron chi connectivity index (χ4n) is 2.71. The maximum absolute atomic E-state index is 13.4. The van der Waals surface area contributed by atoms with Crippen molar-refractivity contribution >= 4 is 16.9 Å². The number of rotatable bonds is 3. The molecular weight excluding hydrogens is 257 g/mol. The second kappa shape index (κ2) is 5.23. The summed E-state index contributed by atoms with van der Waals surface area (Å²) in [6.07, 6.45) is 3.19. The number of pyridine rings is 1. The molecule has 0 spiro atoms. The molecule has 1 fully saturated rings. The van der Waals surface area contributed by atoms with Crippen LogP contribution in [0.3, 0.4) is 0 Å². The summed E-state index contributed by atoms with van der Waals surface area (Å²) < 4.78 is 15.4. The zero-order valence-electron chi connectivity index (χ0n) is 11.5. The SMILES string of the molecule is C[C@@H]1CN(C(=O)CCn2ccc3cccnc32)C[C@@H]1F. The number of carbonyl (C=O) groups excluding carboxylic acids is 1. The summed E-state index contributed by atoms with van der Waals surface area (Å²) in [6.45, 7) is 3.21. The number of carbonyl (C=O) groups is 1. The summed E-state index contributed by atoms with van der Waals surface area (Å²) in [4.78, 5) is 18.0. The smallest absolute Gasteiger partial charge is 0.224 e. The zero-order valence-corrected chi connectivity index (χ0v) is 11.5. The quantitative estimate of drug-likeness (QED) is 0.861. The van der Waals surface area contributed by atoms with Crippen molar-refractivity contribution in [2.75, 3.05) is 13.1 Å². The molecule has 2 aromatic heterocycles. The average Bonchev–Trinajstić information content (AvgIpc) is 3.01. The lowest BCUT2D eigenvalue weighted by Crippen LogP contribution is -2.29. The van der Waals surface area contributed by atoms with Gasteiger partial charge in [-0.2, -0.15) is 0 Å². The number of hydrogen-bond acceptors (Lipinski definition) is 2. The second-order valence-corrected chi connectivity index (χ2v) is 5.47. The maximum Gasteiger partial charge on any atom is 0.224 e. The molecule has 106 valence electrons. The molecular formula is C15H18FN3O. The van der Waals surface area contributed by atoms with E-state index in [0.29, 0.717) is 19.5 Å². The molecule has 0 N–H and O–H groups in total. The fraction of sp³-hybridized carbons (Fsp3) is 0.467. The van der Waals surface area contributed by atoms with Gasteiger partial charge in [0.15, 0.2) is 0 Å². The van der Waals surface area contributed by atoms with Crippen LogP contribution in [0.2, 0.25) is 0 Å². The van der Waals surface area contributed by atoms with Crippen LogP contribution < -0.4 is 0 Å². The lowest BCUT2D eigenvalue weighted by atomic mass is 10.1. The largest absolute Gasteiger partial charge is 0.339 e. The third kappa shape index (κ3) is 2.40. The standard InChI is InChI=1S/C15H18FN3O/c1-11-9-19(10-13(11)16)14(20)5-8-18-7-4-12-3-2-6-17-15(12)18/h2-4,6-7,11,13H,5,8-10H2,1H3/t11-,13+/m1/s1. The predicted molar refractivity (Wildman–Crippen MR) is 75.0 cm³/mol. The lowest BCUT2D eigenvalue weighted by molar-refractivity contribution is -0.130. The van der Waals surface area contributed by atoms with E-state index in [9.17, 15) is 9.18 Å². The van der Waals surface area contributed by atoms with Crippen molar-refractivity contribution in [3.05, 3.63) is 30.6 Å². The molecule has 0 unspecified atom stereocenters. The molecule has 0 radical (unpaired) electrons. The maximum atomic E-state index is 13.4. The topological polar surface area (TPSA) is 38.1 Å². The van der Waals surface area contributed by atoms with Crippen LogP contribution in [0.1, 0.15) is 13.3 Å².